The van der Waals surface area contributed by atoms with Crippen molar-refractivity contribution in [2.45, 2.75) is 24.3 Å². The average molecular weight is 275 g/mol. The molecule has 6 heteroatoms. The number of rotatable bonds is 5. The molecule has 0 aromatic heterocycles. The molecular formula is C11H15ClN2O2S. The molecule has 1 fully saturated rings. The van der Waals surface area contributed by atoms with Gasteiger partial charge in [-0.05, 0) is 36.5 Å². The maximum Gasteiger partial charge on any atom is 0.242 e. The van der Waals surface area contributed by atoms with Crippen LogP contribution in [0.15, 0.2) is 23.1 Å². The minimum Gasteiger partial charge on any atom is -0.326 e. The number of hydrogen-bond acceptors (Lipinski definition) is 3. The summed E-state index contributed by atoms with van der Waals surface area (Å²) in [6.07, 6.45) is 2.19. The third-order valence-electron chi connectivity index (χ3n) is 2.78. The molecule has 0 aliphatic heterocycles. The lowest BCUT2D eigenvalue weighted by Gasteiger charge is -2.09. The van der Waals surface area contributed by atoms with Gasteiger partial charge in [-0.2, -0.15) is 0 Å². The van der Waals surface area contributed by atoms with E-state index in [2.05, 4.69) is 4.72 Å². The van der Waals surface area contributed by atoms with Crippen LogP contribution in [0.5, 0.6) is 0 Å². The maximum absolute atomic E-state index is 12.0. The van der Waals surface area contributed by atoms with Gasteiger partial charge >= 0.3 is 0 Å². The standard InChI is InChI=1S/C11H15ClN2O2S/c12-10-4-3-9(6-13)5-11(10)17(15,16)14-7-8-1-2-8/h3-5,8,14H,1-2,6-7,13H2. The molecule has 0 bridgehead atoms. The first-order valence-electron chi connectivity index (χ1n) is 5.51. The highest BCUT2D eigenvalue weighted by atomic mass is 35.5. The lowest BCUT2D eigenvalue weighted by Crippen LogP contribution is -2.26. The lowest BCUT2D eigenvalue weighted by molar-refractivity contribution is 0.577. The van der Waals surface area contributed by atoms with Gasteiger partial charge in [0.05, 0.1) is 5.02 Å². The molecule has 1 aromatic rings. The van der Waals surface area contributed by atoms with Crippen molar-refractivity contribution in [2.24, 2.45) is 11.7 Å². The summed E-state index contributed by atoms with van der Waals surface area (Å²) in [5.41, 5.74) is 6.24. The fraction of sp³-hybridized carbons (Fsp3) is 0.455. The Morgan fingerprint density at radius 2 is 2.12 bits per heavy atom. The van der Waals surface area contributed by atoms with Gasteiger partial charge in [0.2, 0.25) is 10.0 Å². The molecule has 0 amide bonds. The minimum atomic E-state index is -3.52. The Labute approximate surface area is 106 Å². The first-order chi connectivity index (χ1) is 8.03. The van der Waals surface area contributed by atoms with E-state index in [1.807, 2.05) is 0 Å². The number of benzene rings is 1. The molecule has 1 aliphatic rings. The quantitative estimate of drug-likeness (QED) is 0.854. The third-order valence-corrected chi connectivity index (χ3v) is 4.68. The van der Waals surface area contributed by atoms with E-state index in [9.17, 15) is 8.42 Å². The smallest absolute Gasteiger partial charge is 0.242 e. The highest BCUT2D eigenvalue weighted by Crippen LogP contribution is 2.29. The molecule has 0 radical (unpaired) electrons. The summed E-state index contributed by atoms with van der Waals surface area (Å²) in [5, 5.41) is 0.227. The van der Waals surface area contributed by atoms with Crippen LogP contribution in [0.25, 0.3) is 0 Å². The molecule has 4 nitrogen and oxygen atoms in total. The van der Waals surface area contributed by atoms with Gasteiger partial charge in [-0.25, -0.2) is 13.1 Å². The molecular weight excluding hydrogens is 260 g/mol. The zero-order chi connectivity index (χ0) is 12.5. The lowest BCUT2D eigenvalue weighted by atomic mass is 10.2. The van der Waals surface area contributed by atoms with Gasteiger partial charge < -0.3 is 5.73 Å². The van der Waals surface area contributed by atoms with Crippen molar-refractivity contribution < 1.29 is 8.42 Å². The number of halogens is 1. The largest absolute Gasteiger partial charge is 0.326 e. The van der Waals surface area contributed by atoms with Gasteiger partial charge in [0.1, 0.15) is 4.90 Å². The van der Waals surface area contributed by atoms with Crippen LogP contribution in [0.4, 0.5) is 0 Å². The summed E-state index contributed by atoms with van der Waals surface area (Å²) in [5.74, 6) is 0.487. The SMILES string of the molecule is NCc1ccc(Cl)c(S(=O)(=O)NCC2CC2)c1. The molecule has 0 atom stereocenters. The molecule has 2 rings (SSSR count). The van der Waals surface area contributed by atoms with Crippen molar-refractivity contribution in [1.29, 1.82) is 0 Å². The normalized spacial score (nSPS) is 16.1. The number of sulfonamides is 1. The number of hydrogen-bond donors (Lipinski definition) is 2. The maximum atomic E-state index is 12.0. The van der Waals surface area contributed by atoms with Crippen LogP contribution in [0, 0.1) is 5.92 Å². The van der Waals surface area contributed by atoms with Gasteiger partial charge in [-0.3, -0.25) is 0 Å². The van der Waals surface area contributed by atoms with Crippen molar-refractivity contribution in [3.63, 3.8) is 0 Å². The van der Waals surface area contributed by atoms with Crippen molar-refractivity contribution in [3.05, 3.63) is 28.8 Å². The summed E-state index contributed by atoms with van der Waals surface area (Å²) < 4.78 is 26.6. The first kappa shape index (κ1) is 12.8. The topological polar surface area (TPSA) is 72.2 Å². The summed E-state index contributed by atoms with van der Waals surface area (Å²) in [6.45, 7) is 0.786. The Bertz CT molecular complexity index is 512. The third kappa shape index (κ3) is 3.19. The minimum absolute atomic E-state index is 0.114. The van der Waals surface area contributed by atoms with E-state index in [1.165, 1.54) is 6.07 Å². The van der Waals surface area contributed by atoms with Crippen LogP contribution in [0.1, 0.15) is 18.4 Å². The van der Waals surface area contributed by atoms with E-state index in [0.717, 1.165) is 18.4 Å². The molecule has 1 saturated carbocycles. The molecule has 0 spiro atoms. The van der Waals surface area contributed by atoms with E-state index >= 15 is 0 Å². The molecule has 0 heterocycles. The van der Waals surface area contributed by atoms with Crippen LogP contribution in [-0.2, 0) is 16.6 Å². The van der Waals surface area contributed by atoms with Gasteiger partial charge in [0, 0.05) is 13.1 Å². The van der Waals surface area contributed by atoms with Crippen molar-refractivity contribution in [1.82, 2.24) is 4.72 Å². The van der Waals surface area contributed by atoms with Crippen LogP contribution in [0.3, 0.4) is 0 Å². The molecule has 94 valence electrons. The van der Waals surface area contributed by atoms with Crippen molar-refractivity contribution in [3.8, 4) is 0 Å². The second kappa shape index (κ2) is 4.94. The average Bonchev–Trinajstić information content (AvgIpc) is 3.11. The molecule has 1 aromatic carbocycles. The molecule has 0 unspecified atom stereocenters. The Morgan fingerprint density at radius 1 is 1.41 bits per heavy atom. The van der Waals surface area contributed by atoms with Crippen LogP contribution in [0.2, 0.25) is 5.02 Å². The van der Waals surface area contributed by atoms with E-state index in [1.54, 1.807) is 12.1 Å². The van der Waals surface area contributed by atoms with E-state index in [4.69, 9.17) is 17.3 Å². The Balaban J connectivity index is 2.23. The van der Waals surface area contributed by atoms with E-state index < -0.39 is 10.0 Å². The summed E-state index contributed by atoms with van der Waals surface area (Å²) in [6, 6.07) is 4.81. The van der Waals surface area contributed by atoms with Gasteiger partial charge in [0.25, 0.3) is 0 Å². The van der Waals surface area contributed by atoms with Crippen molar-refractivity contribution >= 4 is 21.6 Å². The highest BCUT2D eigenvalue weighted by molar-refractivity contribution is 7.89. The highest BCUT2D eigenvalue weighted by Gasteiger charge is 2.25. The summed E-state index contributed by atoms with van der Waals surface area (Å²) >= 11 is 5.91. The second-order valence-corrected chi connectivity index (χ2v) is 6.41. The van der Waals surface area contributed by atoms with Gasteiger partial charge in [-0.1, -0.05) is 17.7 Å². The molecule has 0 saturated heterocycles. The van der Waals surface area contributed by atoms with E-state index in [0.29, 0.717) is 19.0 Å². The monoisotopic (exact) mass is 274 g/mol. The zero-order valence-electron chi connectivity index (χ0n) is 9.32. The second-order valence-electron chi connectivity index (χ2n) is 4.26. The fourth-order valence-corrected chi connectivity index (χ4v) is 3.17. The molecule has 1 aliphatic carbocycles. The van der Waals surface area contributed by atoms with Crippen LogP contribution in [-0.4, -0.2) is 15.0 Å². The van der Waals surface area contributed by atoms with Crippen LogP contribution < -0.4 is 10.5 Å². The van der Waals surface area contributed by atoms with Crippen LogP contribution >= 0.6 is 11.6 Å². The zero-order valence-corrected chi connectivity index (χ0v) is 10.9. The van der Waals surface area contributed by atoms with Crippen molar-refractivity contribution in [2.75, 3.05) is 6.54 Å². The Kier molecular flexibility index (Phi) is 3.73. The van der Waals surface area contributed by atoms with Gasteiger partial charge in [-0.15, -0.1) is 0 Å². The Hall–Kier alpha value is -0.620. The summed E-state index contributed by atoms with van der Waals surface area (Å²) in [4.78, 5) is 0.114. The number of nitrogens with two attached hydrogens (primary N) is 1. The predicted molar refractivity (Wildman–Crippen MR) is 67.3 cm³/mol. The summed E-state index contributed by atoms with van der Waals surface area (Å²) in [7, 11) is -3.52. The number of nitrogens with one attached hydrogen (secondary N) is 1. The predicted octanol–water partition coefficient (Wildman–Crippen LogP) is 1.49. The fourth-order valence-electron chi connectivity index (χ4n) is 1.51. The molecule has 17 heavy (non-hydrogen) atoms. The first-order valence-corrected chi connectivity index (χ1v) is 7.37. The molecule has 3 N–H and O–H groups in total. The van der Waals surface area contributed by atoms with Gasteiger partial charge in [0.15, 0.2) is 0 Å². The Morgan fingerprint density at radius 3 is 2.71 bits per heavy atom. The van der Waals surface area contributed by atoms with E-state index in [-0.39, 0.29) is 9.92 Å².